The lowest BCUT2D eigenvalue weighted by molar-refractivity contribution is -0.124. The standard InChI is InChI=1S/C7H16N2O2/c1-5(3-8)7(11)9-4-6(2)10/h5-6,10H,3-4,8H2,1-2H3,(H,9,11)/t5?,6-/m1/s1. The van der Waals surface area contributed by atoms with Crippen LogP contribution in [0.15, 0.2) is 0 Å². The van der Waals surface area contributed by atoms with Crippen molar-refractivity contribution >= 4 is 5.91 Å². The molecule has 0 aliphatic heterocycles. The maximum atomic E-state index is 11.0. The van der Waals surface area contributed by atoms with Crippen molar-refractivity contribution in [2.45, 2.75) is 20.0 Å². The molecule has 1 unspecified atom stereocenters. The summed E-state index contributed by atoms with van der Waals surface area (Å²) in [5.41, 5.74) is 5.26. The van der Waals surface area contributed by atoms with Crippen molar-refractivity contribution < 1.29 is 9.90 Å². The quantitative estimate of drug-likeness (QED) is 0.498. The first-order chi connectivity index (χ1) is 5.07. The highest BCUT2D eigenvalue weighted by atomic mass is 16.3. The van der Waals surface area contributed by atoms with Crippen LogP contribution in [-0.2, 0) is 4.79 Å². The number of carbonyl (C=O) groups excluding carboxylic acids is 1. The molecule has 0 aromatic heterocycles. The van der Waals surface area contributed by atoms with Gasteiger partial charge in [-0.1, -0.05) is 6.92 Å². The smallest absolute Gasteiger partial charge is 0.224 e. The van der Waals surface area contributed by atoms with Gasteiger partial charge >= 0.3 is 0 Å². The van der Waals surface area contributed by atoms with Crippen LogP contribution in [0.2, 0.25) is 0 Å². The molecule has 66 valence electrons. The second-order valence-corrected chi connectivity index (χ2v) is 2.73. The molecule has 0 radical (unpaired) electrons. The largest absolute Gasteiger partial charge is 0.392 e. The number of nitrogens with one attached hydrogen (secondary N) is 1. The summed E-state index contributed by atoms with van der Waals surface area (Å²) >= 11 is 0. The SMILES string of the molecule is CC(CN)C(=O)NC[C@@H](C)O. The molecule has 11 heavy (non-hydrogen) atoms. The van der Waals surface area contributed by atoms with Gasteiger partial charge in [0.05, 0.1) is 6.10 Å². The van der Waals surface area contributed by atoms with Gasteiger partial charge in [-0.15, -0.1) is 0 Å². The summed E-state index contributed by atoms with van der Waals surface area (Å²) in [6.45, 7) is 4.00. The van der Waals surface area contributed by atoms with Crippen molar-refractivity contribution in [2.24, 2.45) is 11.7 Å². The number of nitrogens with two attached hydrogens (primary N) is 1. The topological polar surface area (TPSA) is 75.4 Å². The number of rotatable bonds is 4. The van der Waals surface area contributed by atoms with E-state index in [1.165, 1.54) is 0 Å². The molecule has 0 aliphatic rings. The number of hydrogen-bond acceptors (Lipinski definition) is 3. The molecule has 0 spiro atoms. The molecule has 0 saturated heterocycles. The molecule has 0 aromatic rings. The fourth-order valence-electron chi connectivity index (χ4n) is 0.530. The van der Waals surface area contributed by atoms with Gasteiger partial charge in [0.25, 0.3) is 0 Å². The summed E-state index contributed by atoms with van der Waals surface area (Å²) in [6.07, 6.45) is -0.496. The number of amides is 1. The third-order valence-corrected chi connectivity index (χ3v) is 1.37. The molecule has 1 amide bonds. The van der Waals surface area contributed by atoms with Crippen molar-refractivity contribution in [3.63, 3.8) is 0 Å². The van der Waals surface area contributed by atoms with Crippen LogP contribution in [0.3, 0.4) is 0 Å². The van der Waals surface area contributed by atoms with Crippen LogP contribution in [0.25, 0.3) is 0 Å². The number of aliphatic hydroxyl groups excluding tert-OH is 1. The second kappa shape index (κ2) is 5.09. The Bertz CT molecular complexity index is 126. The Labute approximate surface area is 66.8 Å². The second-order valence-electron chi connectivity index (χ2n) is 2.73. The fourth-order valence-corrected chi connectivity index (χ4v) is 0.530. The molecule has 4 heteroatoms. The summed E-state index contributed by atoms with van der Waals surface area (Å²) in [5, 5.41) is 11.4. The third kappa shape index (κ3) is 4.75. The molecule has 0 heterocycles. The Morgan fingerprint density at radius 1 is 1.64 bits per heavy atom. The van der Waals surface area contributed by atoms with Crippen molar-refractivity contribution in [3.05, 3.63) is 0 Å². The van der Waals surface area contributed by atoms with Crippen molar-refractivity contribution in [3.8, 4) is 0 Å². The van der Waals surface area contributed by atoms with E-state index in [0.29, 0.717) is 13.1 Å². The summed E-state index contributed by atoms with van der Waals surface area (Å²) in [6, 6.07) is 0. The number of aliphatic hydroxyl groups is 1. The Kier molecular flexibility index (Phi) is 4.81. The predicted molar refractivity (Wildman–Crippen MR) is 42.9 cm³/mol. The van der Waals surface area contributed by atoms with E-state index < -0.39 is 6.10 Å². The predicted octanol–water partition coefficient (Wildman–Crippen LogP) is -0.922. The summed E-state index contributed by atoms with van der Waals surface area (Å²) in [7, 11) is 0. The molecule has 0 rings (SSSR count). The van der Waals surface area contributed by atoms with Crippen LogP contribution < -0.4 is 11.1 Å². The van der Waals surface area contributed by atoms with E-state index >= 15 is 0 Å². The Morgan fingerprint density at radius 2 is 2.18 bits per heavy atom. The highest BCUT2D eigenvalue weighted by Crippen LogP contribution is 1.89. The van der Waals surface area contributed by atoms with Gasteiger partial charge in [-0.2, -0.15) is 0 Å². The average molecular weight is 160 g/mol. The van der Waals surface area contributed by atoms with E-state index in [-0.39, 0.29) is 11.8 Å². The van der Waals surface area contributed by atoms with Crippen LogP contribution in [0.1, 0.15) is 13.8 Å². The fraction of sp³-hybridized carbons (Fsp3) is 0.857. The Hall–Kier alpha value is -0.610. The molecule has 0 bridgehead atoms. The normalized spacial score (nSPS) is 15.6. The van der Waals surface area contributed by atoms with Gasteiger partial charge in [-0.25, -0.2) is 0 Å². The molecule has 4 nitrogen and oxygen atoms in total. The summed E-state index contributed by atoms with van der Waals surface area (Å²) < 4.78 is 0. The van der Waals surface area contributed by atoms with Crippen LogP contribution in [0.4, 0.5) is 0 Å². The number of hydrogen-bond donors (Lipinski definition) is 3. The average Bonchev–Trinajstić information content (AvgIpc) is 1.98. The highest BCUT2D eigenvalue weighted by molar-refractivity contribution is 5.78. The zero-order valence-electron chi connectivity index (χ0n) is 7.00. The highest BCUT2D eigenvalue weighted by Gasteiger charge is 2.09. The minimum atomic E-state index is -0.496. The van der Waals surface area contributed by atoms with Gasteiger partial charge in [-0.05, 0) is 6.92 Å². The van der Waals surface area contributed by atoms with Gasteiger partial charge in [0.15, 0.2) is 0 Å². The minimum Gasteiger partial charge on any atom is -0.392 e. The first kappa shape index (κ1) is 10.4. The monoisotopic (exact) mass is 160 g/mol. The van der Waals surface area contributed by atoms with Gasteiger partial charge in [0.1, 0.15) is 0 Å². The van der Waals surface area contributed by atoms with Gasteiger partial charge in [0.2, 0.25) is 5.91 Å². The summed E-state index contributed by atoms with van der Waals surface area (Å²) in [4.78, 5) is 11.0. The maximum Gasteiger partial charge on any atom is 0.224 e. The van der Waals surface area contributed by atoms with E-state index in [2.05, 4.69) is 5.32 Å². The lowest BCUT2D eigenvalue weighted by Crippen LogP contribution is -2.37. The zero-order valence-corrected chi connectivity index (χ0v) is 7.00. The Morgan fingerprint density at radius 3 is 2.55 bits per heavy atom. The lowest BCUT2D eigenvalue weighted by Gasteiger charge is -2.10. The van der Waals surface area contributed by atoms with Crippen molar-refractivity contribution in [1.82, 2.24) is 5.32 Å². The van der Waals surface area contributed by atoms with E-state index in [1.54, 1.807) is 13.8 Å². The van der Waals surface area contributed by atoms with Crippen LogP contribution in [0, 0.1) is 5.92 Å². The van der Waals surface area contributed by atoms with Crippen molar-refractivity contribution in [1.29, 1.82) is 0 Å². The zero-order chi connectivity index (χ0) is 8.85. The van der Waals surface area contributed by atoms with E-state index in [4.69, 9.17) is 10.8 Å². The molecule has 2 atom stereocenters. The van der Waals surface area contributed by atoms with Gasteiger partial charge < -0.3 is 16.2 Å². The molecule has 4 N–H and O–H groups in total. The van der Waals surface area contributed by atoms with Crippen LogP contribution >= 0.6 is 0 Å². The third-order valence-electron chi connectivity index (χ3n) is 1.37. The van der Waals surface area contributed by atoms with Crippen molar-refractivity contribution in [2.75, 3.05) is 13.1 Å². The Balaban J connectivity index is 3.52. The molecule has 0 saturated carbocycles. The van der Waals surface area contributed by atoms with E-state index in [0.717, 1.165) is 0 Å². The first-order valence-electron chi connectivity index (χ1n) is 3.73. The molecule has 0 aromatic carbocycles. The molecule has 0 aliphatic carbocycles. The molecule has 0 fully saturated rings. The lowest BCUT2D eigenvalue weighted by atomic mass is 10.2. The number of carbonyl (C=O) groups is 1. The van der Waals surface area contributed by atoms with E-state index in [9.17, 15) is 4.79 Å². The van der Waals surface area contributed by atoms with Crippen LogP contribution in [-0.4, -0.2) is 30.2 Å². The summed E-state index contributed by atoms with van der Waals surface area (Å²) in [5.74, 6) is -0.276. The minimum absolute atomic E-state index is 0.103. The molecular formula is C7H16N2O2. The maximum absolute atomic E-state index is 11.0. The molecular weight excluding hydrogens is 144 g/mol. The van der Waals surface area contributed by atoms with E-state index in [1.807, 2.05) is 0 Å². The first-order valence-corrected chi connectivity index (χ1v) is 3.73. The van der Waals surface area contributed by atoms with Gasteiger partial charge in [0, 0.05) is 19.0 Å². The van der Waals surface area contributed by atoms with Gasteiger partial charge in [-0.3, -0.25) is 4.79 Å². The van der Waals surface area contributed by atoms with Crippen LogP contribution in [0.5, 0.6) is 0 Å².